The number of nitro groups is 2. The highest BCUT2D eigenvalue weighted by Crippen LogP contribution is 2.37. The third kappa shape index (κ3) is 5.13. The summed E-state index contributed by atoms with van der Waals surface area (Å²) >= 11 is 12.2. The summed E-state index contributed by atoms with van der Waals surface area (Å²) in [6, 6.07) is 4.16. The molecule has 2 aromatic rings. The number of Topliss-reactive ketones (excluding diaryl/α,β-unsaturated/α-hetero) is 1. The largest absolute Gasteiger partial charge is 0.357 e. The fourth-order valence-electron chi connectivity index (χ4n) is 5.13. The zero-order chi connectivity index (χ0) is 30.3. The summed E-state index contributed by atoms with van der Waals surface area (Å²) in [5, 5.41) is 22.3. The predicted octanol–water partition coefficient (Wildman–Crippen LogP) is 4.48. The van der Waals surface area contributed by atoms with Gasteiger partial charge in [-0.15, -0.1) is 0 Å². The molecule has 3 aliphatic heterocycles. The van der Waals surface area contributed by atoms with Crippen LogP contribution in [0.15, 0.2) is 85.4 Å². The van der Waals surface area contributed by atoms with Crippen molar-refractivity contribution >= 4 is 57.7 Å². The maximum absolute atomic E-state index is 13.4. The van der Waals surface area contributed by atoms with Crippen LogP contribution in [0.2, 0.25) is 10.0 Å². The van der Waals surface area contributed by atoms with Crippen LogP contribution < -0.4 is 0 Å². The number of allylic oxidation sites excluding steroid dienone is 2. The topological polar surface area (TPSA) is 161 Å². The molecule has 0 radical (unpaired) electrons. The smallest absolute Gasteiger partial charge is 0.270 e. The number of nitro benzene ring substituents is 2. The van der Waals surface area contributed by atoms with Crippen LogP contribution in [0.25, 0.3) is 0 Å². The fraction of sp³-hybridized carbons (Fsp3) is 0.143. The van der Waals surface area contributed by atoms with Gasteiger partial charge in [0.1, 0.15) is 12.1 Å². The molecular weight excluding hydrogens is 591 g/mol. The molecule has 0 amide bonds. The predicted molar refractivity (Wildman–Crippen MR) is 150 cm³/mol. The van der Waals surface area contributed by atoms with Crippen LogP contribution in [-0.2, 0) is 9.59 Å². The van der Waals surface area contributed by atoms with Gasteiger partial charge in [-0.2, -0.15) is 0 Å². The molecule has 4 bridgehead atoms. The van der Waals surface area contributed by atoms with Gasteiger partial charge in [-0.25, -0.2) is 0 Å². The molecule has 4 atom stereocenters. The molecule has 1 saturated heterocycles. The van der Waals surface area contributed by atoms with E-state index in [9.17, 15) is 39.4 Å². The highest BCUT2D eigenvalue weighted by molar-refractivity contribution is 6.35. The van der Waals surface area contributed by atoms with Crippen molar-refractivity contribution in [3.63, 3.8) is 0 Å². The standard InChI is InChI=1S/C28H18Cl2N4O8/c29-20-3-1-15(33(39)40)13-18(20)23(35)8-11-31-10-7-17-22-5-6-25(37)26(27(31)28(17)38)32(22)12-9-24(36)19-14-16(34(41)42)2-4-21(19)30/h1-14,17,22,26-27H. The molecule has 12 nitrogen and oxygen atoms in total. The molecule has 1 fully saturated rings. The first-order valence-electron chi connectivity index (χ1n) is 12.3. The quantitative estimate of drug-likeness (QED) is 0.181. The van der Waals surface area contributed by atoms with Crippen molar-refractivity contribution in [3.8, 4) is 0 Å². The Balaban J connectivity index is 1.44. The molecule has 14 heteroatoms. The number of carbonyl (C=O) groups excluding carboxylic acids is 4. The SMILES string of the molecule is O=C(C=CN1C=CC2C(=O)C1C1C(=O)C=CC2N1C=CC(=O)c1cc([N+](=O)[O-])ccc1Cl)c1cc([N+](=O)[O-])ccc1Cl. The maximum atomic E-state index is 13.4. The number of halogens is 2. The molecule has 0 aliphatic carbocycles. The normalized spacial score (nSPS) is 22.7. The van der Waals surface area contributed by atoms with Crippen molar-refractivity contribution in [2.45, 2.75) is 18.1 Å². The van der Waals surface area contributed by atoms with Gasteiger partial charge in [0, 0.05) is 66.1 Å². The lowest BCUT2D eigenvalue weighted by Crippen LogP contribution is -2.68. The van der Waals surface area contributed by atoms with E-state index >= 15 is 0 Å². The summed E-state index contributed by atoms with van der Waals surface area (Å²) in [5.74, 6) is -2.69. The Hall–Kier alpha value is -4.94. The Kier molecular flexibility index (Phi) is 7.59. The van der Waals surface area contributed by atoms with E-state index in [4.69, 9.17) is 23.2 Å². The second-order valence-electron chi connectivity index (χ2n) is 9.51. The molecule has 2 aromatic carbocycles. The second kappa shape index (κ2) is 11.1. The molecule has 0 aromatic heterocycles. The van der Waals surface area contributed by atoms with Crippen molar-refractivity contribution in [3.05, 3.63) is 127 Å². The first-order chi connectivity index (χ1) is 20.0. The van der Waals surface area contributed by atoms with Gasteiger partial charge in [0.05, 0.1) is 31.9 Å². The number of rotatable bonds is 8. The van der Waals surface area contributed by atoms with Crippen LogP contribution in [0, 0.1) is 26.1 Å². The van der Waals surface area contributed by atoms with E-state index in [1.165, 1.54) is 41.6 Å². The van der Waals surface area contributed by atoms with E-state index in [0.29, 0.717) is 0 Å². The van der Waals surface area contributed by atoms with Crippen LogP contribution >= 0.6 is 23.2 Å². The number of piperidine rings is 1. The minimum Gasteiger partial charge on any atom is -0.357 e. The third-order valence-corrected chi connectivity index (χ3v) is 7.80. The number of benzene rings is 2. The number of hydrogen-bond acceptors (Lipinski definition) is 10. The van der Waals surface area contributed by atoms with Gasteiger partial charge >= 0.3 is 0 Å². The van der Waals surface area contributed by atoms with Crippen molar-refractivity contribution in [1.82, 2.24) is 9.80 Å². The van der Waals surface area contributed by atoms with Crippen molar-refractivity contribution in [2.24, 2.45) is 5.92 Å². The zero-order valence-electron chi connectivity index (χ0n) is 21.2. The number of ketones is 4. The third-order valence-electron chi connectivity index (χ3n) is 7.14. The lowest BCUT2D eigenvalue weighted by Gasteiger charge is -2.52. The summed E-state index contributed by atoms with van der Waals surface area (Å²) in [6.07, 6.45) is 11.0. The van der Waals surface area contributed by atoms with E-state index in [1.54, 1.807) is 23.3 Å². The summed E-state index contributed by atoms with van der Waals surface area (Å²) in [6.45, 7) is 0. The van der Waals surface area contributed by atoms with Crippen molar-refractivity contribution in [1.29, 1.82) is 0 Å². The Morgan fingerprint density at radius 1 is 0.810 bits per heavy atom. The highest BCUT2D eigenvalue weighted by Gasteiger charge is 2.53. The maximum Gasteiger partial charge on any atom is 0.270 e. The fourth-order valence-corrected chi connectivity index (χ4v) is 5.55. The monoisotopic (exact) mass is 608 g/mol. The Morgan fingerprint density at radius 2 is 1.36 bits per heavy atom. The average Bonchev–Trinajstić information content (AvgIpc) is 2.95. The summed E-state index contributed by atoms with van der Waals surface area (Å²) in [7, 11) is 0. The molecule has 3 heterocycles. The summed E-state index contributed by atoms with van der Waals surface area (Å²) < 4.78 is 0. The van der Waals surface area contributed by atoms with E-state index in [0.717, 1.165) is 30.4 Å². The van der Waals surface area contributed by atoms with Gasteiger partial charge in [0.25, 0.3) is 11.4 Å². The number of fused-ring (bicyclic) bond motifs is 6. The van der Waals surface area contributed by atoms with Gasteiger partial charge in [-0.1, -0.05) is 35.4 Å². The van der Waals surface area contributed by atoms with Crippen LogP contribution in [0.1, 0.15) is 20.7 Å². The first-order valence-corrected chi connectivity index (χ1v) is 13.1. The number of carbonyl (C=O) groups is 4. The Bertz CT molecular complexity index is 1700. The number of nitrogens with zero attached hydrogens (tertiary/aromatic N) is 4. The van der Waals surface area contributed by atoms with Crippen LogP contribution in [0.3, 0.4) is 0 Å². The van der Waals surface area contributed by atoms with Crippen LogP contribution in [0.5, 0.6) is 0 Å². The van der Waals surface area contributed by atoms with Gasteiger partial charge in [-0.3, -0.25) is 39.4 Å². The van der Waals surface area contributed by atoms with E-state index in [2.05, 4.69) is 0 Å². The summed E-state index contributed by atoms with van der Waals surface area (Å²) in [5.41, 5.74) is -0.869. The number of non-ortho nitro benzene ring substituents is 2. The molecule has 42 heavy (non-hydrogen) atoms. The number of hydrogen-bond donors (Lipinski definition) is 0. The molecule has 0 saturated carbocycles. The molecule has 212 valence electrons. The molecular formula is C28H18Cl2N4O8. The van der Waals surface area contributed by atoms with Gasteiger partial charge in [0.2, 0.25) is 0 Å². The van der Waals surface area contributed by atoms with Crippen LogP contribution in [0.4, 0.5) is 11.4 Å². The van der Waals surface area contributed by atoms with Crippen molar-refractivity contribution < 1.29 is 29.0 Å². The van der Waals surface area contributed by atoms with E-state index in [1.807, 2.05) is 0 Å². The summed E-state index contributed by atoms with van der Waals surface area (Å²) in [4.78, 5) is 76.2. The van der Waals surface area contributed by atoms with Crippen LogP contribution in [-0.4, -0.2) is 60.9 Å². The van der Waals surface area contributed by atoms with Gasteiger partial charge in [0.15, 0.2) is 23.1 Å². The van der Waals surface area contributed by atoms with E-state index in [-0.39, 0.29) is 38.3 Å². The van der Waals surface area contributed by atoms with E-state index < -0.39 is 51.2 Å². The molecule has 3 aliphatic rings. The molecule has 4 unspecified atom stereocenters. The Morgan fingerprint density at radius 3 is 1.90 bits per heavy atom. The average molecular weight is 609 g/mol. The second-order valence-corrected chi connectivity index (χ2v) is 10.3. The Labute approximate surface area is 247 Å². The lowest BCUT2D eigenvalue weighted by molar-refractivity contribution is -0.385. The first kappa shape index (κ1) is 28.6. The van der Waals surface area contributed by atoms with Gasteiger partial charge in [-0.05, 0) is 18.2 Å². The molecule has 0 spiro atoms. The minimum absolute atomic E-state index is 0.00138. The molecule has 0 N–H and O–H groups in total. The highest BCUT2D eigenvalue weighted by atomic mass is 35.5. The zero-order valence-corrected chi connectivity index (χ0v) is 22.7. The molecule has 5 rings (SSSR count). The minimum atomic E-state index is -1.07. The van der Waals surface area contributed by atoms with Crippen molar-refractivity contribution in [2.75, 3.05) is 0 Å². The van der Waals surface area contributed by atoms with Gasteiger partial charge < -0.3 is 9.80 Å². The lowest BCUT2D eigenvalue weighted by atomic mass is 9.74.